The first-order chi connectivity index (χ1) is 14.9. The highest BCUT2D eigenvalue weighted by Crippen LogP contribution is 2.35. The molecule has 31 heavy (non-hydrogen) atoms. The highest BCUT2D eigenvalue weighted by molar-refractivity contribution is 6.34. The number of halogens is 1. The Morgan fingerprint density at radius 1 is 0.742 bits per heavy atom. The number of carbonyl (C=O) groups is 4. The number of benzene rings is 3. The van der Waals surface area contributed by atoms with Crippen molar-refractivity contribution in [1.82, 2.24) is 0 Å². The largest absolute Gasteiger partial charge is 0.324 e. The van der Waals surface area contributed by atoms with Gasteiger partial charge in [-0.3, -0.25) is 19.2 Å². The van der Waals surface area contributed by atoms with Gasteiger partial charge in [-0.1, -0.05) is 42.5 Å². The fraction of sp³-hybridized carbons (Fsp3) is 0.0833. The smallest absolute Gasteiger partial charge is 0.255 e. The fourth-order valence-corrected chi connectivity index (χ4v) is 3.52. The third-order valence-corrected chi connectivity index (χ3v) is 5.17. The first-order valence-corrected chi connectivity index (χ1v) is 9.99. The minimum absolute atomic E-state index is 0.109. The molecule has 4 rings (SSSR count). The van der Waals surface area contributed by atoms with E-state index >= 15 is 0 Å². The Bertz CT molecular complexity index is 1240. The molecular formula is C24H17ClN2O4. The number of carbonyl (C=O) groups excluding carboxylic acids is 4. The number of rotatable bonds is 4. The van der Waals surface area contributed by atoms with Gasteiger partial charge in [-0.25, -0.2) is 0 Å². The van der Waals surface area contributed by atoms with E-state index < -0.39 is 28.8 Å². The number of hydrogen-bond acceptors (Lipinski definition) is 4. The number of alkyl halides is 1. The second kappa shape index (κ2) is 8.16. The summed E-state index contributed by atoms with van der Waals surface area (Å²) in [5, 5.41) is 4.53. The lowest BCUT2D eigenvalue weighted by Crippen LogP contribution is -2.27. The topological polar surface area (TPSA) is 92.3 Å². The summed E-state index contributed by atoms with van der Waals surface area (Å²) < 4.78 is 0. The molecule has 0 aliphatic heterocycles. The van der Waals surface area contributed by atoms with Gasteiger partial charge in [0, 0.05) is 16.7 Å². The van der Waals surface area contributed by atoms with Crippen LogP contribution in [0.15, 0.2) is 66.7 Å². The van der Waals surface area contributed by atoms with Crippen molar-refractivity contribution in [2.75, 3.05) is 10.6 Å². The van der Waals surface area contributed by atoms with Gasteiger partial charge in [0.05, 0.1) is 22.5 Å². The molecule has 7 heteroatoms. The number of fused-ring (bicyclic) bond motifs is 2. The zero-order valence-electron chi connectivity index (χ0n) is 16.4. The molecule has 0 heterocycles. The normalized spacial score (nSPS) is 13.1. The predicted octanol–water partition coefficient (Wildman–Crippen LogP) is 4.28. The molecule has 0 bridgehead atoms. The average Bonchev–Trinajstić information content (AvgIpc) is 2.77. The SMILES string of the molecule is CC(Cl)C(=O)Nc1cccc2c1C(=O)c1cccc(NC(=O)c3ccccc3)c1C2=O. The molecule has 3 aromatic carbocycles. The van der Waals surface area contributed by atoms with Gasteiger partial charge in [-0.2, -0.15) is 0 Å². The molecule has 1 atom stereocenters. The molecule has 2 N–H and O–H groups in total. The van der Waals surface area contributed by atoms with E-state index in [1.54, 1.807) is 54.6 Å². The van der Waals surface area contributed by atoms with Gasteiger partial charge >= 0.3 is 0 Å². The summed E-state index contributed by atoms with van der Waals surface area (Å²) in [7, 11) is 0. The molecule has 154 valence electrons. The van der Waals surface area contributed by atoms with E-state index in [4.69, 9.17) is 11.6 Å². The summed E-state index contributed by atoms with van der Waals surface area (Å²) in [5.74, 6) is -1.70. The lowest BCUT2D eigenvalue weighted by Gasteiger charge is -2.22. The van der Waals surface area contributed by atoms with Crippen LogP contribution in [0.2, 0.25) is 0 Å². The molecule has 1 unspecified atom stereocenters. The van der Waals surface area contributed by atoms with Crippen LogP contribution in [0.3, 0.4) is 0 Å². The molecule has 0 aromatic heterocycles. The Morgan fingerprint density at radius 2 is 1.26 bits per heavy atom. The monoisotopic (exact) mass is 432 g/mol. The van der Waals surface area contributed by atoms with Crippen LogP contribution < -0.4 is 10.6 Å². The summed E-state index contributed by atoms with van der Waals surface area (Å²) in [4.78, 5) is 51.3. The van der Waals surface area contributed by atoms with Gasteiger partial charge in [0.1, 0.15) is 5.38 Å². The highest BCUT2D eigenvalue weighted by Gasteiger charge is 2.34. The van der Waals surface area contributed by atoms with E-state index in [0.717, 1.165) is 0 Å². The zero-order valence-corrected chi connectivity index (χ0v) is 17.2. The maximum absolute atomic E-state index is 13.3. The van der Waals surface area contributed by atoms with Crippen LogP contribution in [-0.4, -0.2) is 28.8 Å². The molecule has 6 nitrogen and oxygen atoms in total. The van der Waals surface area contributed by atoms with E-state index in [1.165, 1.54) is 19.1 Å². The Morgan fingerprint density at radius 3 is 1.77 bits per heavy atom. The summed E-state index contributed by atoms with van der Waals surface area (Å²) in [6, 6.07) is 17.9. The van der Waals surface area contributed by atoms with Gasteiger partial charge in [0.25, 0.3) is 5.91 Å². The molecule has 0 saturated carbocycles. The standard InChI is InChI=1S/C24H17ClN2O4/c1-13(25)23(30)26-17-11-5-9-15-19(17)21(28)16-10-6-12-18(20(16)22(15)29)27-24(31)14-7-3-2-4-8-14/h2-13H,1H3,(H,26,30)(H,27,31). The molecule has 1 aliphatic rings. The third kappa shape index (κ3) is 3.73. The van der Waals surface area contributed by atoms with Crippen molar-refractivity contribution in [2.45, 2.75) is 12.3 Å². The molecule has 0 fully saturated rings. The van der Waals surface area contributed by atoms with Crippen LogP contribution in [-0.2, 0) is 4.79 Å². The van der Waals surface area contributed by atoms with Gasteiger partial charge in [0.15, 0.2) is 11.6 Å². The molecule has 0 radical (unpaired) electrons. The van der Waals surface area contributed by atoms with Crippen LogP contribution in [0, 0.1) is 0 Å². The van der Waals surface area contributed by atoms with E-state index in [0.29, 0.717) is 5.56 Å². The molecular weight excluding hydrogens is 416 g/mol. The van der Waals surface area contributed by atoms with Crippen LogP contribution >= 0.6 is 11.6 Å². The number of anilines is 2. The maximum atomic E-state index is 13.3. The van der Waals surface area contributed by atoms with Crippen molar-refractivity contribution in [3.8, 4) is 0 Å². The van der Waals surface area contributed by atoms with E-state index in [-0.39, 0.29) is 33.6 Å². The summed E-state index contributed by atoms with van der Waals surface area (Å²) in [6.07, 6.45) is 0. The lowest BCUT2D eigenvalue weighted by molar-refractivity contribution is -0.115. The Kier molecular flexibility index (Phi) is 5.40. The van der Waals surface area contributed by atoms with Gasteiger partial charge in [0.2, 0.25) is 5.91 Å². The third-order valence-electron chi connectivity index (χ3n) is 4.98. The molecule has 2 amide bonds. The number of hydrogen-bond donors (Lipinski definition) is 2. The van der Waals surface area contributed by atoms with Crippen molar-refractivity contribution in [1.29, 1.82) is 0 Å². The van der Waals surface area contributed by atoms with Crippen LogP contribution in [0.5, 0.6) is 0 Å². The molecule has 3 aromatic rings. The van der Waals surface area contributed by atoms with Crippen LogP contribution in [0.25, 0.3) is 0 Å². The highest BCUT2D eigenvalue weighted by atomic mass is 35.5. The van der Waals surface area contributed by atoms with Crippen molar-refractivity contribution in [3.05, 3.63) is 94.5 Å². The minimum atomic E-state index is -0.808. The van der Waals surface area contributed by atoms with Crippen molar-refractivity contribution < 1.29 is 19.2 Å². The van der Waals surface area contributed by atoms with Crippen molar-refractivity contribution in [2.24, 2.45) is 0 Å². The summed E-state index contributed by atoms with van der Waals surface area (Å²) in [5.41, 5.74) is 1.44. The van der Waals surface area contributed by atoms with Crippen molar-refractivity contribution >= 4 is 46.4 Å². The zero-order chi connectivity index (χ0) is 22.1. The number of ketones is 2. The van der Waals surface area contributed by atoms with Crippen LogP contribution in [0.4, 0.5) is 11.4 Å². The summed E-state index contributed by atoms with van der Waals surface area (Å²) >= 11 is 5.82. The van der Waals surface area contributed by atoms with Gasteiger partial charge in [-0.05, 0) is 31.2 Å². The van der Waals surface area contributed by atoms with Gasteiger partial charge in [-0.15, -0.1) is 11.6 Å². The quantitative estimate of drug-likeness (QED) is 0.471. The summed E-state index contributed by atoms with van der Waals surface area (Å²) in [6.45, 7) is 1.51. The fourth-order valence-electron chi connectivity index (χ4n) is 3.47. The number of amides is 2. The first-order valence-electron chi connectivity index (χ1n) is 9.55. The van der Waals surface area contributed by atoms with E-state index in [9.17, 15) is 19.2 Å². The lowest BCUT2D eigenvalue weighted by atomic mass is 9.82. The van der Waals surface area contributed by atoms with E-state index in [2.05, 4.69) is 10.6 Å². The van der Waals surface area contributed by atoms with E-state index in [1.807, 2.05) is 0 Å². The van der Waals surface area contributed by atoms with Crippen molar-refractivity contribution in [3.63, 3.8) is 0 Å². The molecule has 1 aliphatic carbocycles. The molecule has 0 saturated heterocycles. The average molecular weight is 433 g/mol. The Balaban J connectivity index is 1.76. The minimum Gasteiger partial charge on any atom is -0.324 e. The first kappa shape index (κ1) is 20.5. The van der Waals surface area contributed by atoms with Crippen LogP contribution in [0.1, 0.15) is 49.1 Å². The van der Waals surface area contributed by atoms with Gasteiger partial charge < -0.3 is 10.6 Å². The maximum Gasteiger partial charge on any atom is 0.255 e. The number of nitrogens with one attached hydrogen (secondary N) is 2. The Hall–Kier alpha value is -3.77. The Labute approximate surface area is 183 Å². The second-order valence-corrected chi connectivity index (χ2v) is 7.69. The predicted molar refractivity (Wildman–Crippen MR) is 118 cm³/mol. The molecule has 0 spiro atoms. The second-order valence-electron chi connectivity index (χ2n) is 7.04.